The van der Waals surface area contributed by atoms with Gasteiger partial charge >= 0.3 is 0 Å². The minimum absolute atomic E-state index is 0.686. The van der Waals surface area contributed by atoms with Crippen LogP contribution in [0.15, 0.2) is 30.6 Å². The highest BCUT2D eigenvalue weighted by atomic mass is 15.4. The summed E-state index contributed by atoms with van der Waals surface area (Å²) in [6, 6.07) is 8.85. The molecule has 6 heteroatoms. The van der Waals surface area contributed by atoms with Crippen LogP contribution in [0, 0.1) is 13.8 Å². The van der Waals surface area contributed by atoms with E-state index in [1.165, 1.54) is 16.8 Å². The molecule has 130 valence electrons. The molecule has 0 aliphatic carbocycles. The van der Waals surface area contributed by atoms with Crippen LogP contribution in [0.25, 0.3) is 5.78 Å². The van der Waals surface area contributed by atoms with Crippen molar-refractivity contribution in [2.45, 2.75) is 27.2 Å². The Kier molecular flexibility index (Phi) is 4.03. The molecular weight excluding hydrogens is 312 g/mol. The number of rotatable bonds is 3. The van der Waals surface area contributed by atoms with Gasteiger partial charge in [-0.1, -0.05) is 24.6 Å². The van der Waals surface area contributed by atoms with Crippen LogP contribution in [-0.2, 0) is 6.42 Å². The van der Waals surface area contributed by atoms with E-state index in [-0.39, 0.29) is 0 Å². The molecule has 1 saturated heterocycles. The van der Waals surface area contributed by atoms with Gasteiger partial charge in [-0.05, 0) is 31.9 Å². The van der Waals surface area contributed by atoms with E-state index in [0.717, 1.165) is 44.1 Å². The van der Waals surface area contributed by atoms with Gasteiger partial charge in [-0.25, -0.2) is 4.98 Å². The van der Waals surface area contributed by atoms with Crippen molar-refractivity contribution in [1.82, 2.24) is 19.6 Å². The summed E-state index contributed by atoms with van der Waals surface area (Å²) in [7, 11) is 0. The fourth-order valence-electron chi connectivity index (χ4n) is 3.59. The number of aromatic nitrogens is 4. The lowest BCUT2D eigenvalue weighted by Crippen LogP contribution is -2.47. The predicted molar refractivity (Wildman–Crippen MR) is 101 cm³/mol. The Morgan fingerprint density at radius 2 is 1.76 bits per heavy atom. The second kappa shape index (κ2) is 6.35. The minimum Gasteiger partial charge on any atom is -0.368 e. The van der Waals surface area contributed by atoms with Gasteiger partial charge in [-0.3, -0.25) is 0 Å². The third-order valence-electron chi connectivity index (χ3n) is 4.94. The summed E-state index contributed by atoms with van der Waals surface area (Å²) >= 11 is 0. The summed E-state index contributed by atoms with van der Waals surface area (Å²) in [5.41, 5.74) is 5.08. The Morgan fingerprint density at radius 3 is 2.48 bits per heavy atom. The molecule has 1 aliphatic rings. The van der Waals surface area contributed by atoms with Crippen molar-refractivity contribution in [2.24, 2.45) is 0 Å². The summed E-state index contributed by atoms with van der Waals surface area (Å²) in [6.07, 6.45) is 2.48. The Bertz CT molecular complexity index is 892. The third kappa shape index (κ3) is 2.92. The second-order valence-corrected chi connectivity index (χ2v) is 6.70. The van der Waals surface area contributed by atoms with E-state index < -0.39 is 0 Å². The third-order valence-corrected chi connectivity index (χ3v) is 4.94. The first-order valence-corrected chi connectivity index (χ1v) is 8.92. The van der Waals surface area contributed by atoms with Gasteiger partial charge in [0.1, 0.15) is 12.1 Å². The van der Waals surface area contributed by atoms with Gasteiger partial charge in [-0.2, -0.15) is 14.6 Å². The maximum absolute atomic E-state index is 4.54. The predicted octanol–water partition coefficient (Wildman–Crippen LogP) is 2.63. The number of piperazine rings is 1. The Labute approximate surface area is 148 Å². The monoisotopic (exact) mass is 336 g/mol. The van der Waals surface area contributed by atoms with Crippen molar-refractivity contribution >= 4 is 17.3 Å². The van der Waals surface area contributed by atoms with Crippen molar-refractivity contribution in [1.29, 1.82) is 0 Å². The van der Waals surface area contributed by atoms with Crippen molar-refractivity contribution in [3.05, 3.63) is 47.4 Å². The number of benzene rings is 1. The van der Waals surface area contributed by atoms with Crippen LogP contribution in [0.5, 0.6) is 0 Å². The number of nitrogens with zero attached hydrogens (tertiary/aromatic N) is 6. The van der Waals surface area contributed by atoms with Crippen molar-refractivity contribution in [2.75, 3.05) is 36.0 Å². The number of fused-ring (bicyclic) bond motifs is 1. The first-order valence-electron chi connectivity index (χ1n) is 8.92. The lowest BCUT2D eigenvalue weighted by molar-refractivity contribution is 0.637. The average molecular weight is 336 g/mol. The normalized spacial score (nSPS) is 15.2. The van der Waals surface area contributed by atoms with E-state index >= 15 is 0 Å². The molecule has 4 rings (SSSR count). The largest absolute Gasteiger partial charge is 0.368 e. The van der Waals surface area contributed by atoms with Gasteiger partial charge in [0.2, 0.25) is 0 Å². The molecule has 1 aliphatic heterocycles. The minimum atomic E-state index is 0.686. The van der Waals surface area contributed by atoms with Crippen LogP contribution < -0.4 is 9.80 Å². The average Bonchev–Trinajstić information content (AvgIpc) is 3.09. The van der Waals surface area contributed by atoms with E-state index in [2.05, 4.69) is 69.9 Å². The summed E-state index contributed by atoms with van der Waals surface area (Å²) in [5, 5.41) is 4.36. The summed E-state index contributed by atoms with van der Waals surface area (Å²) in [5.74, 6) is 1.78. The highest BCUT2D eigenvalue weighted by Crippen LogP contribution is 2.24. The SMILES string of the molecule is CCc1cc(N2CCN(c3ccc(C)cc3C)CC2)n2ncnc2n1. The lowest BCUT2D eigenvalue weighted by atomic mass is 10.1. The fraction of sp³-hybridized carbons (Fsp3) is 0.421. The topological polar surface area (TPSA) is 49.6 Å². The Hall–Kier alpha value is -2.63. The zero-order valence-electron chi connectivity index (χ0n) is 15.1. The number of anilines is 2. The maximum Gasteiger partial charge on any atom is 0.254 e. The molecule has 3 aromatic rings. The van der Waals surface area contributed by atoms with Crippen LogP contribution in [0.4, 0.5) is 11.5 Å². The first kappa shape index (κ1) is 15.9. The molecule has 0 unspecified atom stereocenters. The van der Waals surface area contributed by atoms with Gasteiger partial charge in [0.25, 0.3) is 5.78 Å². The van der Waals surface area contributed by atoms with Gasteiger partial charge in [0, 0.05) is 43.6 Å². The van der Waals surface area contributed by atoms with E-state index in [0.29, 0.717) is 5.78 Å². The maximum atomic E-state index is 4.54. The van der Waals surface area contributed by atoms with Crippen molar-refractivity contribution in [3.63, 3.8) is 0 Å². The highest BCUT2D eigenvalue weighted by molar-refractivity contribution is 5.56. The fourth-order valence-corrected chi connectivity index (χ4v) is 3.59. The van der Waals surface area contributed by atoms with Crippen LogP contribution in [-0.4, -0.2) is 45.8 Å². The molecule has 6 nitrogen and oxygen atoms in total. The van der Waals surface area contributed by atoms with Crippen molar-refractivity contribution in [3.8, 4) is 0 Å². The van der Waals surface area contributed by atoms with E-state index in [1.807, 2.05) is 4.52 Å². The molecule has 1 aromatic carbocycles. The standard InChI is InChI=1S/C19H24N6/c1-4-16-12-18(25-19(22-16)20-13-21-25)24-9-7-23(8-10-24)17-6-5-14(2)11-15(17)3/h5-6,11-13H,4,7-10H2,1-3H3. The smallest absolute Gasteiger partial charge is 0.254 e. The number of hydrogen-bond acceptors (Lipinski definition) is 5. The van der Waals surface area contributed by atoms with Crippen LogP contribution in [0.3, 0.4) is 0 Å². The summed E-state index contributed by atoms with van der Waals surface area (Å²) < 4.78 is 1.85. The Morgan fingerprint density at radius 1 is 1.00 bits per heavy atom. The molecule has 0 radical (unpaired) electrons. The highest BCUT2D eigenvalue weighted by Gasteiger charge is 2.21. The number of hydrogen-bond donors (Lipinski definition) is 0. The second-order valence-electron chi connectivity index (χ2n) is 6.70. The quantitative estimate of drug-likeness (QED) is 0.736. The number of aryl methyl sites for hydroxylation is 3. The van der Waals surface area contributed by atoms with Gasteiger partial charge in [0.05, 0.1) is 0 Å². The molecule has 25 heavy (non-hydrogen) atoms. The molecule has 3 heterocycles. The molecule has 0 bridgehead atoms. The van der Waals surface area contributed by atoms with E-state index in [9.17, 15) is 0 Å². The molecule has 0 atom stereocenters. The molecular formula is C19H24N6. The van der Waals surface area contributed by atoms with Crippen LogP contribution in [0.1, 0.15) is 23.7 Å². The Balaban J connectivity index is 1.57. The van der Waals surface area contributed by atoms with Gasteiger partial charge < -0.3 is 9.80 Å². The van der Waals surface area contributed by atoms with Crippen LogP contribution >= 0.6 is 0 Å². The zero-order chi connectivity index (χ0) is 17.4. The van der Waals surface area contributed by atoms with E-state index in [4.69, 9.17) is 0 Å². The summed E-state index contributed by atoms with van der Waals surface area (Å²) in [6.45, 7) is 10.4. The van der Waals surface area contributed by atoms with Crippen LogP contribution in [0.2, 0.25) is 0 Å². The molecule has 0 N–H and O–H groups in total. The molecule has 2 aromatic heterocycles. The van der Waals surface area contributed by atoms with E-state index in [1.54, 1.807) is 6.33 Å². The van der Waals surface area contributed by atoms with Crippen molar-refractivity contribution < 1.29 is 0 Å². The first-order chi connectivity index (χ1) is 12.2. The molecule has 0 spiro atoms. The van der Waals surface area contributed by atoms with Gasteiger partial charge in [0.15, 0.2) is 0 Å². The zero-order valence-corrected chi connectivity index (χ0v) is 15.1. The van der Waals surface area contributed by atoms with Gasteiger partial charge in [-0.15, -0.1) is 0 Å². The molecule has 1 fully saturated rings. The molecule has 0 saturated carbocycles. The molecule has 0 amide bonds. The lowest BCUT2D eigenvalue weighted by Gasteiger charge is -2.38. The summed E-state index contributed by atoms with van der Waals surface area (Å²) in [4.78, 5) is 13.7.